The highest BCUT2D eigenvalue weighted by molar-refractivity contribution is 7.99. The number of para-hydroxylation sites is 2. The van der Waals surface area contributed by atoms with Gasteiger partial charge in [0, 0.05) is 95.5 Å². The van der Waals surface area contributed by atoms with Crippen molar-refractivity contribution in [3.63, 3.8) is 0 Å². The minimum atomic E-state index is -1.36. The molecule has 1 aromatic heterocycles. The lowest BCUT2D eigenvalue weighted by Crippen LogP contribution is -2.76. The number of carboxylic acids is 1. The maximum absolute atomic E-state index is 12.7. The van der Waals surface area contributed by atoms with Crippen LogP contribution in [0, 0.1) is 23.2 Å². The van der Waals surface area contributed by atoms with E-state index in [4.69, 9.17) is 25.4 Å². The van der Waals surface area contributed by atoms with E-state index in [1.165, 1.54) is 84.0 Å². The van der Waals surface area contributed by atoms with Gasteiger partial charge in [-0.05, 0) is 212 Å². The molecule has 7 aromatic carbocycles. The van der Waals surface area contributed by atoms with Gasteiger partial charge in [0.25, 0.3) is 5.91 Å². The molecule has 26 heteroatoms. The van der Waals surface area contributed by atoms with Crippen molar-refractivity contribution < 1.29 is 73.1 Å². The number of rotatable bonds is 20. The Labute approximate surface area is 705 Å². The van der Waals surface area contributed by atoms with E-state index in [0.29, 0.717) is 42.7 Å². The van der Waals surface area contributed by atoms with Gasteiger partial charge in [0.15, 0.2) is 34.4 Å². The largest absolute Gasteiger partial charge is 0.615 e. The molecule has 8 aliphatic rings. The predicted octanol–water partition coefficient (Wildman–Crippen LogP) is 13.5. The first kappa shape index (κ1) is 90.9. The molecule has 16 rings (SSSR count). The Hall–Kier alpha value is -10.4. The van der Waals surface area contributed by atoms with Crippen molar-refractivity contribution >= 4 is 81.4 Å². The van der Waals surface area contributed by atoms with Crippen LogP contribution in [-0.2, 0) is 52.6 Å². The number of ketones is 1. The number of phenolic OH excluding ortho intramolecular Hbond substituents is 2. The van der Waals surface area contributed by atoms with E-state index >= 15 is 0 Å². The predicted molar refractivity (Wildman–Crippen MR) is 463 cm³/mol. The number of amides is 6. The summed E-state index contributed by atoms with van der Waals surface area (Å²) in [6.45, 7) is 15.0. The molecule has 4 aliphatic heterocycles. The molecule has 6 amide bonds. The zero-order chi connectivity index (χ0) is 85.9. The number of methoxy groups -OCH3 is 1. The number of carbonyl (C=O) groups excluding carboxylic acids is 6. The number of likely N-dealkylation sites (N-methyl/N-ethyl adjacent to an activating group) is 1. The van der Waals surface area contributed by atoms with Gasteiger partial charge in [0.1, 0.15) is 16.9 Å². The number of phenols is 2. The number of nitrogens with one attached hydrogen (secondary N) is 3. The van der Waals surface area contributed by atoms with Crippen molar-refractivity contribution in [2.45, 2.75) is 155 Å². The molecule has 4 aliphatic carbocycles. The monoisotopic (exact) mass is 1660 g/mol. The highest BCUT2D eigenvalue weighted by Crippen LogP contribution is 2.65. The van der Waals surface area contributed by atoms with Gasteiger partial charge < -0.3 is 65.3 Å². The lowest BCUT2D eigenvalue weighted by atomic mass is 9.49. The molecule has 5 heterocycles. The summed E-state index contributed by atoms with van der Waals surface area (Å²) in [6, 6.07) is 57.1. The molecule has 8 aromatic rings. The Balaban J connectivity index is 0.000000149. The third-order valence-corrected chi connectivity index (χ3v) is 25.8. The number of aliphatic hydroxyl groups is 2. The summed E-state index contributed by atoms with van der Waals surface area (Å²) in [7, 11) is 10.1. The molecule has 119 heavy (non-hydrogen) atoms. The number of primary amides is 1. The second-order valence-electron chi connectivity index (χ2n) is 32.4. The molecule has 10 N–H and O–H groups in total. The minimum absolute atomic E-state index is 0.0454. The average molecular weight is 1660 g/mol. The molecule has 2 saturated heterocycles. The Morgan fingerprint density at radius 1 is 0.790 bits per heavy atom. The number of carbonyl (C=O) groups is 7. The van der Waals surface area contributed by atoms with E-state index in [1.807, 2.05) is 117 Å². The van der Waals surface area contributed by atoms with E-state index in [1.54, 1.807) is 31.4 Å². The smallest absolute Gasteiger partial charge is 0.337 e. The molecular weight excluding hydrogens is 1550 g/mol. The zero-order valence-corrected chi connectivity index (χ0v) is 70.9. The fourth-order valence-corrected chi connectivity index (χ4v) is 19.5. The Kier molecular flexibility index (Phi) is 31.3. The van der Waals surface area contributed by atoms with Crippen molar-refractivity contribution in [3.8, 4) is 23.0 Å². The van der Waals surface area contributed by atoms with Crippen molar-refractivity contribution in [2.75, 3.05) is 77.4 Å². The number of imide groups is 2. The van der Waals surface area contributed by atoms with Crippen molar-refractivity contribution in [3.05, 3.63) is 240 Å². The van der Waals surface area contributed by atoms with Crippen LogP contribution in [-0.4, -0.2) is 182 Å². The number of allylic oxidation sites excluding steroid dienone is 1. The average Bonchev–Trinajstić information content (AvgIpc) is 1.54. The number of ether oxygens (including phenoxy) is 2. The number of piperidine rings is 1. The van der Waals surface area contributed by atoms with E-state index in [2.05, 4.69) is 131 Å². The van der Waals surface area contributed by atoms with Crippen LogP contribution < -0.4 is 36.1 Å². The fraction of sp³-hybridized carbons (Fsp3) is 0.398. The minimum Gasteiger partial charge on any atom is -0.615 e. The van der Waals surface area contributed by atoms with Crippen LogP contribution in [0.1, 0.15) is 142 Å². The number of aromatic hydroxyl groups is 2. The number of Topliss-reactive ketones (excluding diaryl/α,β-unsaturated/α-hetero) is 1. The zero-order valence-electron chi connectivity index (χ0n) is 69.3. The number of hydrogen-bond acceptors (Lipinski definition) is 20. The summed E-state index contributed by atoms with van der Waals surface area (Å²) < 4.78 is 23.7. The number of benzene rings is 7. The van der Waals surface area contributed by atoms with Crippen LogP contribution in [0.4, 0.5) is 21.9 Å². The number of likely N-dealkylation sites (tertiary alicyclic amines) is 1. The van der Waals surface area contributed by atoms with Gasteiger partial charge in [-0.15, -0.1) is 6.58 Å². The highest BCUT2D eigenvalue weighted by atomic mass is 32.2. The van der Waals surface area contributed by atoms with E-state index < -0.39 is 69.0 Å². The lowest BCUT2D eigenvalue weighted by Gasteiger charge is -2.62. The molecule has 5 fully saturated rings. The third-order valence-electron chi connectivity index (χ3n) is 23.0. The Morgan fingerprint density at radius 2 is 1.41 bits per heavy atom. The SMILES string of the molecule is C=CCC1(CC(C)C)C(=O)NC(=O)NC1=O.CC(=O)Nc1ccc(O)cc1.CC(CN1c2ccccc2Sc2ccccc21)N(C)C.COc1cccc([C@@]2(O)CCCC[C@@H]2CN(C)C)c1.NC(=O)C[S+]([O-])C(c1ccccc1)c1ccccc1.O=C(O)c1cccnc1.O=C1CC[C@@]2(O)[C@H]3Cc4ccc(O)c5c4[C@@]2(CCN3CC2CC2)[C@H]1O5. The van der Waals surface area contributed by atoms with Crippen molar-refractivity contribution in [1.82, 2.24) is 30.3 Å². The summed E-state index contributed by atoms with van der Waals surface area (Å²) in [4.78, 5) is 94.7. The van der Waals surface area contributed by atoms with Crippen molar-refractivity contribution in [1.29, 1.82) is 0 Å². The first-order valence-corrected chi connectivity index (χ1v) is 42.6. The second-order valence-corrected chi connectivity index (χ2v) is 35.0. The number of pyridine rings is 1. The van der Waals surface area contributed by atoms with Crippen LogP contribution in [0.2, 0.25) is 0 Å². The van der Waals surface area contributed by atoms with Gasteiger partial charge in [0.2, 0.25) is 17.7 Å². The highest BCUT2D eigenvalue weighted by Gasteiger charge is 2.73. The summed E-state index contributed by atoms with van der Waals surface area (Å²) in [5.74, 6) is 0.0690. The number of urea groups is 1. The number of hydrogen-bond donors (Lipinski definition) is 9. The Morgan fingerprint density at radius 3 is 1.95 bits per heavy atom. The van der Waals surface area contributed by atoms with Gasteiger partial charge in [-0.1, -0.05) is 148 Å². The number of anilines is 3. The van der Waals surface area contributed by atoms with E-state index in [9.17, 15) is 53.4 Å². The summed E-state index contributed by atoms with van der Waals surface area (Å²) in [5.41, 5.74) is 10.1. The molecule has 8 atom stereocenters. The molecule has 632 valence electrons. The fourth-order valence-electron chi connectivity index (χ4n) is 17.0. The molecule has 0 radical (unpaired) electrons. The van der Waals surface area contributed by atoms with E-state index in [-0.39, 0.29) is 58.1 Å². The second kappa shape index (κ2) is 41.0. The van der Waals surface area contributed by atoms with Gasteiger partial charge in [0.05, 0.1) is 40.7 Å². The van der Waals surface area contributed by atoms with Crippen molar-refractivity contribution in [2.24, 2.45) is 28.9 Å². The number of nitrogens with two attached hydrogens (primary N) is 1. The summed E-state index contributed by atoms with van der Waals surface area (Å²) >= 11 is 0.502. The molecule has 1 spiro atoms. The number of fused-ring (bicyclic) bond motifs is 2. The summed E-state index contributed by atoms with van der Waals surface area (Å²) in [6.07, 6.45) is 13.6. The normalized spacial score (nSPS) is 21.7. The van der Waals surface area contributed by atoms with Crippen LogP contribution in [0.15, 0.2) is 217 Å². The number of aromatic nitrogens is 1. The van der Waals surface area contributed by atoms with Crippen LogP contribution in [0.3, 0.4) is 0 Å². The molecular formula is C93H113N9O15S2. The maximum Gasteiger partial charge on any atom is 0.337 e. The van der Waals surface area contributed by atoms with Gasteiger partial charge >= 0.3 is 12.0 Å². The molecule has 2 bridgehead atoms. The standard InChI is InChI=1S/C20H23NO4.C17H20N2S.C16H25NO2.C15H15NO2S.C11H16N2O3.C8H9NO2.C6H5NO2/c22-13-4-3-12-9-15-20(24)6-5-14(23)18-19(20,16(12)17(13)25-18)7-8-21(15)10-11-1-2-11;1-13(18(2)3)12-19-14-8-4-6-10-16(14)20-17-11-7-5-9-15(17)19;1-17(2)12-14-7-4-5-10-16(14,18)13-8-6-9-15(11-13)19-3;16-14(17)11-19(18)15(12-7-3-1-4-8-12)13-9-5-2-6-10-13;1-4-5-11(6-7(2)3)8(14)12-10(16)13-9(11)15;1-6(10)9-7-2-4-8(11)5-3-7;8-6(9)5-2-1-3-7-4-5/h3-4,11,15,18,22,24H,1-2,5-10H2;4-11,13H,12H2,1-3H3;6,8-9,11,14,18H,4-5,7,10,12H2,1-3H3;1-10,15H,11H2,(H2,16,17);4,7H,1,5-6H2,2-3H3,(H2,12,13,14,15,16);2-5,11H,1H3,(H,9,10);1-4H,(H,8,9)/t15-,18+,19+,20-;;14-,16+;;;;/m1.1..../s1. The van der Waals surface area contributed by atoms with E-state index in [0.717, 1.165) is 97.8 Å². The Bertz CT molecular complexity index is 4710. The molecule has 24 nitrogen and oxygen atoms in total. The first-order valence-electron chi connectivity index (χ1n) is 40.4. The molecule has 2 unspecified atom stereocenters. The molecule has 3 saturated carbocycles. The quantitative estimate of drug-likeness (QED) is 0.0148. The van der Waals surface area contributed by atoms with Crippen LogP contribution in [0.25, 0.3) is 0 Å². The first-order chi connectivity index (χ1) is 56.9. The number of carboxylic acid groups (broad SMARTS) is 1. The van der Waals surface area contributed by atoms with Gasteiger partial charge in [-0.3, -0.25) is 44.5 Å². The topological polar surface area (TPSA) is 350 Å². The number of aromatic carboxylic acids is 1. The van der Waals surface area contributed by atoms with Gasteiger partial charge in [-0.25, -0.2) is 9.59 Å². The maximum atomic E-state index is 12.7. The van der Waals surface area contributed by atoms with Crippen LogP contribution in [0.5, 0.6) is 23.0 Å². The third kappa shape index (κ3) is 22.0. The number of nitrogens with zero attached hydrogens (tertiary/aromatic N) is 5. The lowest BCUT2D eigenvalue weighted by molar-refractivity contribution is -0.188. The van der Waals surface area contributed by atoms with Crippen LogP contribution >= 0.6 is 11.8 Å². The number of barbiturate groups is 1. The van der Waals surface area contributed by atoms with Gasteiger partial charge in [-0.2, -0.15) is 0 Å². The summed E-state index contributed by atoms with van der Waals surface area (Å²) in [5, 5.41) is 57.2.